The Hall–Kier alpha value is -1.55. The van der Waals surface area contributed by atoms with E-state index in [1.165, 1.54) is 12.1 Å². The minimum atomic E-state index is -1.20. The Balaban J connectivity index is 2.97. The summed E-state index contributed by atoms with van der Waals surface area (Å²) in [6.45, 7) is 3.85. The van der Waals surface area contributed by atoms with Crippen LogP contribution >= 0.6 is 0 Å². The van der Waals surface area contributed by atoms with Crippen LogP contribution in [0.3, 0.4) is 0 Å². The molecule has 0 radical (unpaired) electrons. The largest absolute Gasteiger partial charge is 0.595 e. The topological polar surface area (TPSA) is 120 Å². The van der Waals surface area contributed by atoms with Gasteiger partial charge in [-0.3, -0.25) is 5.43 Å². The third-order valence-electron chi connectivity index (χ3n) is 2.48. The molecule has 0 saturated carbocycles. The van der Waals surface area contributed by atoms with Crippen molar-refractivity contribution in [3.63, 3.8) is 0 Å². The summed E-state index contributed by atoms with van der Waals surface area (Å²) in [5.74, 6) is 0. The van der Waals surface area contributed by atoms with Crippen molar-refractivity contribution in [2.45, 2.75) is 26.7 Å². The highest BCUT2D eigenvalue weighted by atomic mass is 16.8. The first-order chi connectivity index (χ1) is 8.95. The fraction of sp³-hybridized carbons (Fsp3) is 0.364. The summed E-state index contributed by atoms with van der Waals surface area (Å²) in [4.78, 5) is 0. The van der Waals surface area contributed by atoms with Crippen LogP contribution in [0.4, 0.5) is 17.1 Å². The third kappa shape index (κ3) is 4.56. The number of rotatable bonds is 6. The second-order valence-corrected chi connectivity index (χ2v) is 4.08. The molecule has 0 aliphatic carbocycles. The van der Waals surface area contributed by atoms with E-state index in [2.05, 4.69) is 10.5 Å². The van der Waals surface area contributed by atoms with Crippen LogP contribution in [0.15, 0.2) is 23.3 Å². The van der Waals surface area contributed by atoms with Gasteiger partial charge in [0.2, 0.25) is 0 Å². The van der Waals surface area contributed by atoms with Gasteiger partial charge in [-0.05, 0) is 19.4 Å². The molecule has 0 saturated heterocycles. The summed E-state index contributed by atoms with van der Waals surface area (Å²) in [5, 5.41) is 41.5. The highest BCUT2D eigenvalue weighted by Crippen LogP contribution is 2.20. The van der Waals surface area contributed by atoms with Crippen LogP contribution in [0.5, 0.6) is 0 Å². The van der Waals surface area contributed by atoms with Gasteiger partial charge < -0.3 is 10.4 Å². The molecule has 8 heteroatoms. The smallest absolute Gasteiger partial charge is 0.195 e. The molecule has 0 bridgehead atoms. The van der Waals surface area contributed by atoms with Gasteiger partial charge in [0, 0.05) is 11.8 Å². The summed E-state index contributed by atoms with van der Waals surface area (Å²) in [6.07, 6.45) is 1.75. The molecule has 0 aromatic heterocycles. The lowest BCUT2D eigenvalue weighted by molar-refractivity contribution is -0.996. The number of nitrogens with one attached hydrogen (secondary N) is 3. The van der Waals surface area contributed by atoms with Gasteiger partial charge in [-0.1, -0.05) is 13.3 Å². The van der Waals surface area contributed by atoms with Crippen molar-refractivity contribution in [3.8, 4) is 0 Å². The number of hydrogen-bond donors (Lipinski definition) is 5. The van der Waals surface area contributed by atoms with Crippen LogP contribution in [-0.4, -0.2) is 16.1 Å². The highest BCUT2D eigenvalue weighted by Gasteiger charge is 2.13. The van der Waals surface area contributed by atoms with Crippen LogP contribution in [-0.2, 0) is 0 Å². The second-order valence-electron chi connectivity index (χ2n) is 4.08. The lowest BCUT2D eigenvalue weighted by atomic mass is 10.2. The summed E-state index contributed by atoms with van der Waals surface area (Å²) in [7, 11) is 0. The van der Waals surface area contributed by atoms with Crippen LogP contribution in [0.2, 0.25) is 0 Å². The Bertz CT molecular complexity index is 448. The molecular formula is C11H18N4O4. The molecule has 0 heterocycles. The van der Waals surface area contributed by atoms with Gasteiger partial charge in [-0.25, -0.2) is 10.4 Å². The van der Waals surface area contributed by atoms with E-state index in [9.17, 15) is 10.4 Å². The van der Waals surface area contributed by atoms with E-state index in [1.807, 2.05) is 13.8 Å². The van der Waals surface area contributed by atoms with Gasteiger partial charge in [0.25, 0.3) is 0 Å². The molecule has 0 fully saturated rings. The molecule has 1 aromatic carbocycles. The average Bonchev–Trinajstić information content (AvgIpc) is 2.36. The molecule has 19 heavy (non-hydrogen) atoms. The summed E-state index contributed by atoms with van der Waals surface area (Å²) in [5.41, 5.74) is 3.59. The number of hydrogen-bond acceptors (Lipinski definition) is 6. The Morgan fingerprint density at radius 1 is 1.32 bits per heavy atom. The quantitative estimate of drug-likeness (QED) is 0.370. The van der Waals surface area contributed by atoms with Gasteiger partial charge in [-0.2, -0.15) is 15.6 Å². The van der Waals surface area contributed by atoms with Gasteiger partial charge in [0.15, 0.2) is 11.4 Å². The van der Waals surface area contributed by atoms with Gasteiger partial charge in [0.1, 0.15) is 5.69 Å². The first-order valence-corrected chi connectivity index (χ1v) is 5.85. The zero-order valence-corrected chi connectivity index (χ0v) is 10.8. The maximum atomic E-state index is 11.1. The zero-order chi connectivity index (χ0) is 14.4. The normalized spacial score (nSPS) is 15.2. The Kier molecular flexibility index (Phi) is 5.83. The van der Waals surface area contributed by atoms with Gasteiger partial charge >= 0.3 is 0 Å². The van der Waals surface area contributed by atoms with Crippen LogP contribution < -0.4 is 15.9 Å². The average molecular weight is 270 g/mol. The van der Waals surface area contributed by atoms with E-state index in [4.69, 9.17) is 10.4 Å². The molecule has 2 unspecified atom stereocenters. The molecule has 0 aliphatic rings. The van der Waals surface area contributed by atoms with Crippen LogP contribution in [0.1, 0.15) is 26.7 Å². The van der Waals surface area contributed by atoms with E-state index in [-0.39, 0.29) is 17.1 Å². The van der Waals surface area contributed by atoms with Crippen LogP contribution in [0.25, 0.3) is 0 Å². The van der Waals surface area contributed by atoms with Gasteiger partial charge in [0.05, 0.1) is 6.07 Å². The van der Waals surface area contributed by atoms with E-state index >= 15 is 0 Å². The van der Waals surface area contributed by atoms with Crippen molar-refractivity contribution in [3.05, 3.63) is 28.6 Å². The lowest BCUT2D eigenvalue weighted by Gasteiger charge is -2.18. The first kappa shape index (κ1) is 15.5. The summed E-state index contributed by atoms with van der Waals surface area (Å²) >= 11 is 0. The first-order valence-electron chi connectivity index (χ1n) is 5.85. The lowest BCUT2D eigenvalue weighted by Crippen LogP contribution is -3.00. The van der Waals surface area contributed by atoms with Gasteiger partial charge in [-0.15, -0.1) is 0 Å². The molecule has 0 spiro atoms. The summed E-state index contributed by atoms with van der Waals surface area (Å²) < 4.78 is 0. The van der Waals surface area contributed by atoms with E-state index in [1.54, 1.807) is 0 Å². The predicted octanol–water partition coefficient (Wildman–Crippen LogP) is 0.0813. The number of anilines is 1. The van der Waals surface area contributed by atoms with E-state index in [0.29, 0.717) is 0 Å². The zero-order valence-electron chi connectivity index (χ0n) is 10.8. The number of quaternary nitrogens is 2. The Morgan fingerprint density at radius 2 is 2.00 bits per heavy atom. The molecule has 2 atom stereocenters. The van der Waals surface area contributed by atoms with E-state index < -0.39 is 10.5 Å². The Morgan fingerprint density at radius 3 is 2.53 bits per heavy atom. The van der Waals surface area contributed by atoms with Crippen molar-refractivity contribution in [2.24, 2.45) is 5.10 Å². The highest BCUT2D eigenvalue weighted by molar-refractivity contribution is 5.83. The second kappa shape index (κ2) is 7.14. The maximum Gasteiger partial charge on any atom is 0.195 e. The third-order valence-corrected chi connectivity index (χ3v) is 2.48. The Labute approximate surface area is 110 Å². The minimum absolute atomic E-state index is 0.0720. The fourth-order valence-corrected chi connectivity index (χ4v) is 1.53. The number of hydrazone groups is 1. The van der Waals surface area contributed by atoms with E-state index in [0.717, 1.165) is 24.6 Å². The van der Waals surface area contributed by atoms with Crippen molar-refractivity contribution in [2.75, 3.05) is 5.43 Å². The molecular weight excluding hydrogens is 252 g/mol. The van der Waals surface area contributed by atoms with Crippen molar-refractivity contribution >= 4 is 22.8 Å². The molecule has 0 aliphatic heterocycles. The summed E-state index contributed by atoms with van der Waals surface area (Å²) in [6, 6.07) is 3.84. The SMILES string of the molecule is CCCC(C)=NNc1ccc([NH+]([O-])O)cc1[NH+]([O-])O. The van der Waals surface area contributed by atoms with Crippen molar-refractivity contribution in [1.82, 2.24) is 0 Å². The molecule has 1 rings (SSSR count). The molecule has 106 valence electrons. The van der Waals surface area contributed by atoms with Crippen molar-refractivity contribution in [1.29, 1.82) is 0 Å². The van der Waals surface area contributed by atoms with Crippen molar-refractivity contribution < 1.29 is 20.9 Å². The maximum absolute atomic E-state index is 11.1. The number of nitrogens with zero attached hydrogens (tertiary/aromatic N) is 1. The predicted molar refractivity (Wildman–Crippen MR) is 69.6 cm³/mol. The molecule has 8 nitrogen and oxygen atoms in total. The minimum Gasteiger partial charge on any atom is -0.595 e. The number of benzene rings is 1. The molecule has 1 aromatic rings. The molecule has 5 N–H and O–H groups in total. The van der Waals surface area contributed by atoms with Crippen LogP contribution in [0, 0.1) is 10.4 Å². The molecule has 0 amide bonds. The monoisotopic (exact) mass is 270 g/mol. The fourth-order valence-electron chi connectivity index (χ4n) is 1.53. The standard InChI is InChI=1S/C11H18N4O4/c1-3-4-8(2)12-13-10-6-5-9(14(16)17)7-11(10)15(18)19/h5-7,13-16,18H,3-4H2,1-2H3.